The highest BCUT2D eigenvalue weighted by atomic mass is 16.1. The van der Waals surface area contributed by atoms with E-state index < -0.39 is 0 Å². The van der Waals surface area contributed by atoms with Gasteiger partial charge in [0.05, 0.1) is 0 Å². The predicted octanol–water partition coefficient (Wildman–Crippen LogP) is 1.67. The van der Waals surface area contributed by atoms with E-state index in [0.29, 0.717) is 5.92 Å². The third-order valence-corrected chi connectivity index (χ3v) is 3.18. The van der Waals surface area contributed by atoms with Gasteiger partial charge >= 0.3 is 0 Å². The van der Waals surface area contributed by atoms with Crippen molar-refractivity contribution in [3.8, 4) is 0 Å². The van der Waals surface area contributed by atoms with Crippen molar-refractivity contribution in [1.82, 2.24) is 5.32 Å². The van der Waals surface area contributed by atoms with E-state index in [9.17, 15) is 4.79 Å². The Hall–Kier alpha value is -0.570. The first-order chi connectivity index (χ1) is 7.13. The van der Waals surface area contributed by atoms with Crippen molar-refractivity contribution in [3.05, 3.63) is 0 Å². The van der Waals surface area contributed by atoms with Crippen LogP contribution in [0.2, 0.25) is 0 Å². The van der Waals surface area contributed by atoms with Crippen molar-refractivity contribution in [1.29, 1.82) is 0 Å². The number of amides is 1. The fourth-order valence-corrected chi connectivity index (χ4v) is 2.40. The van der Waals surface area contributed by atoms with Crippen LogP contribution in [0.1, 0.15) is 46.0 Å². The van der Waals surface area contributed by atoms with Gasteiger partial charge in [-0.3, -0.25) is 4.79 Å². The van der Waals surface area contributed by atoms with Crippen LogP contribution in [0.4, 0.5) is 0 Å². The van der Waals surface area contributed by atoms with E-state index in [2.05, 4.69) is 19.2 Å². The minimum absolute atomic E-state index is 0.153. The van der Waals surface area contributed by atoms with Crippen LogP contribution in [-0.2, 0) is 4.79 Å². The molecule has 1 saturated carbocycles. The Morgan fingerprint density at radius 3 is 2.73 bits per heavy atom. The zero-order valence-electron chi connectivity index (χ0n) is 9.96. The van der Waals surface area contributed by atoms with Gasteiger partial charge in [-0.1, -0.05) is 20.3 Å². The smallest absolute Gasteiger partial charge is 0.223 e. The summed E-state index contributed by atoms with van der Waals surface area (Å²) < 4.78 is 0. The first-order valence-corrected chi connectivity index (χ1v) is 6.16. The summed E-state index contributed by atoms with van der Waals surface area (Å²) in [7, 11) is 0. The number of hydrogen-bond acceptors (Lipinski definition) is 2. The van der Waals surface area contributed by atoms with Gasteiger partial charge in [-0.2, -0.15) is 0 Å². The fraction of sp³-hybridized carbons (Fsp3) is 0.917. The van der Waals surface area contributed by atoms with Crippen LogP contribution in [0.15, 0.2) is 0 Å². The molecule has 0 radical (unpaired) electrons. The van der Waals surface area contributed by atoms with Crippen molar-refractivity contribution in [2.75, 3.05) is 6.54 Å². The lowest BCUT2D eigenvalue weighted by atomic mass is 9.79. The quantitative estimate of drug-likeness (QED) is 0.696. The molecule has 3 nitrogen and oxygen atoms in total. The van der Waals surface area contributed by atoms with Gasteiger partial charge < -0.3 is 11.1 Å². The molecular formula is C12H24N2O. The van der Waals surface area contributed by atoms with Crippen LogP contribution in [0.3, 0.4) is 0 Å². The Morgan fingerprint density at radius 1 is 1.40 bits per heavy atom. The highest BCUT2D eigenvalue weighted by Gasteiger charge is 2.28. The predicted molar refractivity (Wildman–Crippen MR) is 62.4 cm³/mol. The molecule has 3 unspecified atom stereocenters. The minimum atomic E-state index is 0.153. The zero-order chi connectivity index (χ0) is 11.3. The average Bonchev–Trinajstić information content (AvgIpc) is 2.16. The highest BCUT2D eigenvalue weighted by molar-refractivity contribution is 5.78. The van der Waals surface area contributed by atoms with Crippen LogP contribution < -0.4 is 11.1 Å². The van der Waals surface area contributed by atoms with Gasteiger partial charge in [0.1, 0.15) is 0 Å². The van der Waals surface area contributed by atoms with Crippen LogP contribution in [-0.4, -0.2) is 18.5 Å². The van der Waals surface area contributed by atoms with Crippen molar-refractivity contribution >= 4 is 5.91 Å². The number of nitrogens with one attached hydrogen (secondary N) is 1. The summed E-state index contributed by atoms with van der Waals surface area (Å²) in [6.07, 6.45) is 5.13. The largest absolute Gasteiger partial charge is 0.356 e. The highest BCUT2D eigenvalue weighted by Crippen LogP contribution is 2.27. The molecule has 3 heteroatoms. The topological polar surface area (TPSA) is 55.1 Å². The monoisotopic (exact) mass is 212 g/mol. The molecule has 88 valence electrons. The standard InChI is InChI=1S/C12H24N2O/c1-3-4-5-14-12(15)10-6-9(2)7-11(13)8-10/h9-11H,3-8,13H2,1-2H3,(H,14,15). The molecule has 1 amide bonds. The second-order valence-corrected chi connectivity index (χ2v) is 4.91. The molecule has 0 aromatic carbocycles. The fourth-order valence-electron chi connectivity index (χ4n) is 2.40. The van der Waals surface area contributed by atoms with Gasteiger partial charge in [0, 0.05) is 18.5 Å². The van der Waals surface area contributed by atoms with Crippen LogP contribution >= 0.6 is 0 Å². The van der Waals surface area contributed by atoms with Gasteiger partial charge in [-0.15, -0.1) is 0 Å². The summed E-state index contributed by atoms with van der Waals surface area (Å²) in [6.45, 7) is 5.13. The van der Waals surface area contributed by atoms with Crippen molar-refractivity contribution in [3.63, 3.8) is 0 Å². The maximum atomic E-state index is 11.8. The number of carbonyl (C=O) groups excluding carboxylic acids is 1. The maximum Gasteiger partial charge on any atom is 0.223 e. The Morgan fingerprint density at radius 2 is 2.13 bits per heavy atom. The molecule has 3 N–H and O–H groups in total. The molecule has 0 aliphatic heterocycles. The zero-order valence-corrected chi connectivity index (χ0v) is 9.96. The van der Waals surface area contributed by atoms with E-state index >= 15 is 0 Å². The molecule has 1 aliphatic carbocycles. The Balaban J connectivity index is 2.31. The van der Waals surface area contributed by atoms with Crippen molar-refractivity contribution < 1.29 is 4.79 Å². The van der Waals surface area contributed by atoms with Crippen molar-refractivity contribution in [2.45, 2.75) is 52.0 Å². The van der Waals surface area contributed by atoms with E-state index in [0.717, 1.165) is 38.6 Å². The Kier molecular flexibility index (Phi) is 5.09. The van der Waals surface area contributed by atoms with Gasteiger partial charge in [-0.25, -0.2) is 0 Å². The molecule has 15 heavy (non-hydrogen) atoms. The average molecular weight is 212 g/mol. The summed E-state index contributed by atoms with van der Waals surface area (Å²) in [5.41, 5.74) is 5.93. The third kappa shape index (κ3) is 4.20. The summed E-state index contributed by atoms with van der Waals surface area (Å²) in [4.78, 5) is 11.8. The molecule has 3 atom stereocenters. The lowest BCUT2D eigenvalue weighted by Gasteiger charge is -2.30. The minimum Gasteiger partial charge on any atom is -0.356 e. The Labute approximate surface area is 92.8 Å². The van der Waals surface area contributed by atoms with E-state index in [1.165, 1.54) is 0 Å². The molecule has 1 fully saturated rings. The molecule has 0 bridgehead atoms. The Bertz CT molecular complexity index is 196. The summed E-state index contributed by atoms with van der Waals surface area (Å²) >= 11 is 0. The second kappa shape index (κ2) is 6.11. The summed E-state index contributed by atoms with van der Waals surface area (Å²) in [6, 6.07) is 0.218. The van der Waals surface area contributed by atoms with Crippen LogP contribution in [0, 0.1) is 11.8 Å². The summed E-state index contributed by atoms with van der Waals surface area (Å²) in [5.74, 6) is 0.960. The van der Waals surface area contributed by atoms with Gasteiger partial charge in [0.15, 0.2) is 0 Å². The van der Waals surface area contributed by atoms with Crippen molar-refractivity contribution in [2.24, 2.45) is 17.6 Å². The third-order valence-electron chi connectivity index (χ3n) is 3.18. The molecule has 1 rings (SSSR count). The molecular weight excluding hydrogens is 188 g/mol. The number of nitrogens with two attached hydrogens (primary N) is 1. The lowest BCUT2D eigenvalue weighted by molar-refractivity contribution is -0.126. The molecule has 0 heterocycles. The number of carbonyl (C=O) groups is 1. The van der Waals surface area contributed by atoms with Crippen LogP contribution in [0.25, 0.3) is 0 Å². The number of unbranched alkanes of at least 4 members (excludes halogenated alkanes) is 1. The molecule has 1 aliphatic rings. The van der Waals surface area contributed by atoms with E-state index in [-0.39, 0.29) is 17.9 Å². The number of hydrogen-bond donors (Lipinski definition) is 2. The van der Waals surface area contributed by atoms with Gasteiger partial charge in [0.25, 0.3) is 0 Å². The van der Waals surface area contributed by atoms with E-state index in [1.54, 1.807) is 0 Å². The summed E-state index contributed by atoms with van der Waals surface area (Å²) in [5, 5.41) is 3.00. The first-order valence-electron chi connectivity index (χ1n) is 6.16. The SMILES string of the molecule is CCCCNC(=O)C1CC(C)CC(N)C1. The molecule has 0 spiro atoms. The molecule has 0 aromatic heterocycles. The van der Waals surface area contributed by atoms with Gasteiger partial charge in [0.2, 0.25) is 5.91 Å². The van der Waals surface area contributed by atoms with E-state index in [1.807, 2.05) is 0 Å². The number of rotatable bonds is 4. The lowest BCUT2D eigenvalue weighted by Crippen LogP contribution is -2.40. The second-order valence-electron chi connectivity index (χ2n) is 4.91. The van der Waals surface area contributed by atoms with E-state index in [4.69, 9.17) is 5.73 Å². The normalized spacial score (nSPS) is 31.3. The maximum absolute atomic E-state index is 11.8. The van der Waals surface area contributed by atoms with Crippen LogP contribution in [0.5, 0.6) is 0 Å². The molecule has 0 aromatic rings. The molecule has 0 saturated heterocycles. The first kappa shape index (κ1) is 12.5. The van der Waals surface area contributed by atoms with Gasteiger partial charge in [-0.05, 0) is 31.6 Å².